The van der Waals surface area contributed by atoms with Crippen LogP contribution in [0.25, 0.3) is 0 Å². The van der Waals surface area contributed by atoms with Gasteiger partial charge in [-0.05, 0) is 6.92 Å². The number of carbonyl (C=O) groups excluding carboxylic acids is 1. The Morgan fingerprint density at radius 1 is 1.44 bits per heavy atom. The van der Waals surface area contributed by atoms with Gasteiger partial charge in [0.2, 0.25) is 5.91 Å². The molecule has 0 aliphatic carbocycles. The zero-order valence-corrected chi connectivity index (χ0v) is 9.45. The molecule has 0 saturated carbocycles. The Morgan fingerprint density at radius 3 is 2.56 bits per heavy atom. The summed E-state index contributed by atoms with van der Waals surface area (Å²) in [6.07, 6.45) is 0. The van der Waals surface area contributed by atoms with E-state index in [1.54, 1.807) is 0 Å². The average Bonchev–Trinajstić information content (AvgIpc) is 2.17. The van der Waals surface area contributed by atoms with Crippen LogP contribution in [0, 0.1) is 0 Å². The molecule has 0 saturated heterocycles. The van der Waals surface area contributed by atoms with Crippen molar-refractivity contribution in [2.24, 2.45) is 0 Å². The van der Waals surface area contributed by atoms with Gasteiger partial charge in [-0.1, -0.05) is 0 Å². The fourth-order valence-corrected chi connectivity index (χ4v) is 0.850. The van der Waals surface area contributed by atoms with E-state index >= 15 is 0 Å². The molecule has 0 bridgehead atoms. The Kier molecular flexibility index (Phi) is 6.63. The number of hydrogen-bond donors (Lipinski definition) is 4. The van der Waals surface area contributed by atoms with Gasteiger partial charge in [0.15, 0.2) is 5.60 Å². The van der Waals surface area contributed by atoms with Gasteiger partial charge >= 0.3 is 5.97 Å². The molecule has 4 N–H and O–H groups in total. The van der Waals surface area contributed by atoms with Crippen molar-refractivity contribution in [1.82, 2.24) is 10.6 Å². The van der Waals surface area contributed by atoms with Gasteiger partial charge in [-0.25, -0.2) is 4.79 Å². The van der Waals surface area contributed by atoms with Crippen molar-refractivity contribution in [3.05, 3.63) is 0 Å². The lowest BCUT2D eigenvalue weighted by Crippen LogP contribution is -2.47. The summed E-state index contributed by atoms with van der Waals surface area (Å²) in [5.41, 5.74) is -1.87. The molecule has 0 fully saturated rings. The third-order valence-corrected chi connectivity index (χ3v) is 1.84. The zero-order valence-electron chi connectivity index (χ0n) is 9.45. The van der Waals surface area contributed by atoms with E-state index in [1.165, 1.54) is 7.11 Å². The van der Waals surface area contributed by atoms with Gasteiger partial charge in [-0.3, -0.25) is 4.79 Å². The van der Waals surface area contributed by atoms with Crippen molar-refractivity contribution in [1.29, 1.82) is 0 Å². The summed E-state index contributed by atoms with van der Waals surface area (Å²) >= 11 is 0. The van der Waals surface area contributed by atoms with E-state index in [0.29, 0.717) is 13.2 Å². The second-order valence-electron chi connectivity index (χ2n) is 3.53. The number of carboxylic acid groups (broad SMARTS) is 1. The number of nitrogens with one attached hydrogen (secondary N) is 2. The monoisotopic (exact) mass is 234 g/mol. The van der Waals surface area contributed by atoms with Gasteiger partial charge in [0.1, 0.15) is 0 Å². The Bertz CT molecular complexity index is 242. The number of aliphatic carboxylic acids is 1. The highest BCUT2D eigenvalue weighted by Gasteiger charge is 2.29. The van der Waals surface area contributed by atoms with E-state index in [1.807, 2.05) is 0 Å². The minimum atomic E-state index is -1.87. The first-order chi connectivity index (χ1) is 7.40. The number of hydrogen-bond acceptors (Lipinski definition) is 5. The molecule has 0 heterocycles. The summed E-state index contributed by atoms with van der Waals surface area (Å²) in [6.45, 7) is 1.73. The highest BCUT2D eigenvalue weighted by molar-refractivity contribution is 5.79. The van der Waals surface area contributed by atoms with Crippen LogP contribution in [0.5, 0.6) is 0 Å². The van der Waals surface area contributed by atoms with Crippen molar-refractivity contribution in [3.63, 3.8) is 0 Å². The second-order valence-corrected chi connectivity index (χ2v) is 3.53. The molecular formula is C9H18N2O5. The number of methoxy groups -OCH3 is 1. The Morgan fingerprint density at radius 2 is 2.06 bits per heavy atom. The molecule has 0 radical (unpaired) electrons. The molecule has 7 nitrogen and oxygen atoms in total. The molecule has 16 heavy (non-hydrogen) atoms. The second kappa shape index (κ2) is 7.15. The predicted octanol–water partition coefficient (Wildman–Crippen LogP) is -1.83. The van der Waals surface area contributed by atoms with E-state index in [9.17, 15) is 14.7 Å². The van der Waals surface area contributed by atoms with Gasteiger partial charge in [-0.2, -0.15) is 0 Å². The number of carboxylic acids is 1. The first-order valence-corrected chi connectivity index (χ1v) is 4.82. The number of carbonyl (C=O) groups is 2. The van der Waals surface area contributed by atoms with E-state index in [4.69, 9.17) is 9.84 Å². The van der Waals surface area contributed by atoms with Crippen LogP contribution in [-0.2, 0) is 14.3 Å². The molecular weight excluding hydrogens is 216 g/mol. The van der Waals surface area contributed by atoms with E-state index in [2.05, 4.69) is 10.6 Å². The topological polar surface area (TPSA) is 108 Å². The number of amides is 1. The molecule has 7 heteroatoms. The zero-order chi connectivity index (χ0) is 12.6. The first-order valence-electron chi connectivity index (χ1n) is 4.82. The van der Waals surface area contributed by atoms with Crippen LogP contribution in [0.3, 0.4) is 0 Å². The highest BCUT2D eigenvalue weighted by atomic mass is 16.5. The van der Waals surface area contributed by atoms with E-state index < -0.39 is 11.6 Å². The average molecular weight is 234 g/mol. The minimum Gasteiger partial charge on any atom is -0.479 e. The normalized spacial score (nSPS) is 14.2. The third kappa shape index (κ3) is 6.33. The number of rotatable bonds is 8. The number of ether oxygens (including phenoxy) is 1. The largest absolute Gasteiger partial charge is 0.479 e. The summed E-state index contributed by atoms with van der Waals surface area (Å²) in [5.74, 6) is -1.61. The van der Waals surface area contributed by atoms with Crippen LogP contribution in [-0.4, -0.2) is 61.0 Å². The maximum absolute atomic E-state index is 11.1. The fourth-order valence-electron chi connectivity index (χ4n) is 0.850. The molecule has 0 aromatic rings. The van der Waals surface area contributed by atoms with Crippen molar-refractivity contribution < 1.29 is 24.5 Å². The maximum atomic E-state index is 11.1. The van der Waals surface area contributed by atoms with Crippen LogP contribution >= 0.6 is 0 Å². The lowest BCUT2D eigenvalue weighted by atomic mass is 10.1. The van der Waals surface area contributed by atoms with Crippen LogP contribution in [0.2, 0.25) is 0 Å². The Labute approximate surface area is 93.8 Å². The summed E-state index contributed by atoms with van der Waals surface area (Å²) in [5, 5.41) is 23.0. The fraction of sp³-hybridized carbons (Fsp3) is 0.778. The van der Waals surface area contributed by atoms with E-state index in [0.717, 1.165) is 6.92 Å². The summed E-state index contributed by atoms with van der Waals surface area (Å²) < 4.78 is 4.73. The molecule has 0 spiro atoms. The van der Waals surface area contributed by atoms with Crippen molar-refractivity contribution >= 4 is 11.9 Å². The van der Waals surface area contributed by atoms with E-state index in [-0.39, 0.29) is 19.0 Å². The first kappa shape index (κ1) is 14.8. The minimum absolute atomic E-state index is 0.0485. The molecule has 1 atom stereocenters. The van der Waals surface area contributed by atoms with Crippen molar-refractivity contribution in [2.75, 3.05) is 33.4 Å². The molecule has 94 valence electrons. The Hall–Kier alpha value is -1.18. The quantitative estimate of drug-likeness (QED) is 0.368. The van der Waals surface area contributed by atoms with Gasteiger partial charge in [-0.15, -0.1) is 0 Å². The molecule has 1 amide bonds. The van der Waals surface area contributed by atoms with Crippen LogP contribution in [0.4, 0.5) is 0 Å². The smallest absolute Gasteiger partial charge is 0.336 e. The Balaban J connectivity index is 3.65. The molecule has 0 rings (SSSR count). The summed E-state index contributed by atoms with van der Waals surface area (Å²) in [7, 11) is 1.52. The molecule has 0 aliphatic heterocycles. The van der Waals surface area contributed by atoms with Crippen molar-refractivity contribution in [3.8, 4) is 0 Å². The van der Waals surface area contributed by atoms with Crippen molar-refractivity contribution in [2.45, 2.75) is 12.5 Å². The highest BCUT2D eigenvalue weighted by Crippen LogP contribution is 1.99. The van der Waals surface area contributed by atoms with Crippen LogP contribution in [0.1, 0.15) is 6.92 Å². The third-order valence-electron chi connectivity index (χ3n) is 1.84. The van der Waals surface area contributed by atoms with Crippen LogP contribution < -0.4 is 10.6 Å². The predicted molar refractivity (Wildman–Crippen MR) is 56.0 cm³/mol. The van der Waals surface area contributed by atoms with Gasteiger partial charge in [0.25, 0.3) is 0 Å². The standard InChI is InChI=1S/C9H18N2O5/c1-9(15,8(13)14)6-10-5-7(12)11-3-4-16-2/h10,15H,3-6H2,1-2H3,(H,11,12)(H,13,14). The SMILES string of the molecule is COCCNC(=O)CNCC(C)(O)C(=O)O. The van der Waals surface area contributed by atoms with Gasteiger partial charge in [0, 0.05) is 20.2 Å². The lowest BCUT2D eigenvalue weighted by molar-refractivity contribution is -0.156. The molecule has 0 aromatic carbocycles. The maximum Gasteiger partial charge on any atom is 0.336 e. The number of aliphatic hydroxyl groups is 1. The lowest BCUT2D eigenvalue weighted by Gasteiger charge is -2.18. The van der Waals surface area contributed by atoms with Gasteiger partial charge in [0.05, 0.1) is 13.2 Å². The molecule has 1 unspecified atom stereocenters. The molecule has 0 aliphatic rings. The summed E-state index contributed by atoms with van der Waals surface area (Å²) in [6, 6.07) is 0. The van der Waals surface area contributed by atoms with Gasteiger partial charge < -0.3 is 25.6 Å². The molecule has 0 aromatic heterocycles. The van der Waals surface area contributed by atoms with Crippen LogP contribution in [0.15, 0.2) is 0 Å². The summed E-state index contributed by atoms with van der Waals surface area (Å²) in [4.78, 5) is 21.6.